The lowest BCUT2D eigenvalue weighted by Crippen LogP contribution is -2.22. The summed E-state index contributed by atoms with van der Waals surface area (Å²) in [6.45, 7) is 0.282. The molecule has 2 aromatic rings. The number of aromatic nitrogens is 4. The second kappa shape index (κ2) is 5.69. The maximum Gasteiger partial charge on any atom is 0.439 e. The Morgan fingerprint density at radius 1 is 1.50 bits per heavy atom. The van der Waals surface area contributed by atoms with Crippen molar-refractivity contribution in [2.24, 2.45) is 0 Å². The molecule has 0 radical (unpaired) electrons. The van der Waals surface area contributed by atoms with E-state index in [0.29, 0.717) is 5.75 Å². The highest BCUT2D eigenvalue weighted by Gasteiger charge is 2.17. The van der Waals surface area contributed by atoms with Gasteiger partial charge >= 0.3 is 5.76 Å². The average Bonchev–Trinajstić information content (AvgIpc) is 2.95. The summed E-state index contributed by atoms with van der Waals surface area (Å²) >= 11 is 1.53. The highest BCUT2D eigenvalue weighted by molar-refractivity contribution is 7.98. The third-order valence-electron chi connectivity index (χ3n) is 2.02. The van der Waals surface area contributed by atoms with Crippen LogP contribution in [0.4, 0.5) is 5.82 Å². The topological polar surface area (TPSA) is 130 Å². The number of hydrogen-bond donors (Lipinski definition) is 3. The van der Waals surface area contributed by atoms with Gasteiger partial charge in [0.1, 0.15) is 0 Å². The van der Waals surface area contributed by atoms with Crippen molar-refractivity contribution < 1.29 is 14.3 Å². The summed E-state index contributed by atoms with van der Waals surface area (Å²) in [5, 5.41) is 23.1. The Balaban J connectivity index is 2.06. The minimum absolute atomic E-state index is 0.114. The first-order valence-corrected chi connectivity index (χ1v) is 6.40. The van der Waals surface area contributed by atoms with E-state index in [4.69, 9.17) is 0 Å². The van der Waals surface area contributed by atoms with Crippen LogP contribution in [0.15, 0.2) is 13.9 Å². The Hall–Kier alpha value is -1.81. The summed E-state index contributed by atoms with van der Waals surface area (Å²) < 4.78 is 8.90. The number of nitrogens with zero attached hydrogens (tertiary/aromatic N) is 3. The zero-order chi connectivity index (χ0) is 13.0. The van der Waals surface area contributed by atoms with Crippen LogP contribution in [0.5, 0.6) is 0 Å². The van der Waals surface area contributed by atoms with Crippen LogP contribution < -0.4 is 11.1 Å². The summed E-state index contributed by atoms with van der Waals surface area (Å²) in [6, 6.07) is 0. The molecular formula is C8H11N5O4S. The van der Waals surface area contributed by atoms with E-state index in [1.54, 1.807) is 0 Å². The van der Waals surface area contributed by atoms with E-state index in [0.717, 1.165) is 0 Å². The van der Waals surface area contributed by atoms with Gasteiger partial charge in [-0.15, -0.1) is 0 Å². The van der Waals surface area contributed by atoms with Gasteiger partial charge in [0.2, 0.25) is 11.6 Å². The van der Waals surface area contributed by atoms with E-state index in [9.17, 15) is 9.90 Å². The second-order valence-corrected chi connectivity index (χ2v) is 4.31. The number of nitrogens with one attached hydrogen (secondary N) is 2. The average molecular weight is 273 g/mol. The van der Waals surface area contributed by atoms with E-state index >= 15 is 0 Å². The first-order valence-electron chi connectivity index (χ1n) is 5.00. The van der Waals surface area contributed by atoms with Crippen molar-refractivity contribution in [3.05, 3.63) is 10.6 Å². The zero-order valence-electron chi connectivity index (χ0n) is 9.41. The van der Waals surface area contributed by atoms with E-state index in [1.165, 1.54) is 11.8 Å². The highest BCUT2D eigenvalue weighted by atomic mass is 32.2. The number of aliphatic hydroxyl groups is 1. The number of rotatable bonds is 6. The first-order chi connectivity index (χ1) is 8.70. The number of anilines is 1. The predicted molar refractivity (Wildman–Crippen MR) is 63.3 cm³/mol. The van der Waals surface area contributed by atoms with Crippen LogP contribution in [0.3, 0.4) is 0 Å². The molecule has 2 heterocycles. The molecule has 0 aromatic carbocycles. The fourth-order valence-corrected chi connectivity index (χ4v) is 1.76. The molecule has 0 bridgehead atoms. The summed E-state index contributed by atoms with van der Waals surface area (Å²) in [4.78, 5) is 13.2. The molecule has 98 valence electrons. The Kier molecular flexibility index (Phi) is 3.99. The van der Waals surface area contributed by atoms with Crippen molar-refractivity contribution in [3.8, 4) is 11.5 Å². The van der Waals surface area contributed by atoms with Gasteiger partial charge in [0.05, 0.1) is 6.10 Å². The van der Waals surface area contributed by atoms with Crippen molar-refractivity contribution in [2.75, 3.05) is 23.9 Å². The fourth-order valence-electron chi connectivity index (χ4n) is 1.26. The minimum Gasteiger partial charge on any atom is -0.390 e. The SMILES string of the molecule is CSCC(O)CNc1nonc1-c1noc(=O)[nH]1. The molecule has 0 aliphatic rings. The van der Waals surface area contributed by atoms with Gasteiger partial charge in [-0.1, -0.05) is 5.16 Å². The lowest BCUT2D eigenvalue weighted by Gasteiger charge is -2.08. The molecule has 2 aromatic heterocycles. The molecule has 0 saturated heterocycles. The number of aromatic amines is 1. The van der Waals surface area contributed by atoms with Gasteiger partial charge < -0.3 is 10.4 Å². The molecule has 0 spiro atoms. The molecule has 9 nitrogen and oxygen atoms in total. The van der Waals surface area contributed by atoms with Crippen molar-refractivity contribution >= 4 is 17.6 Å². The Morgan fingerprint density at radius 2 is 2.33 bits per heavy atom. The van der Waals surface area contributed by atoms with Crippen LogP contribution in [0.2, 0.25) is 0 Å². The molecule has 0 fully saturated rings. The molecule has 0 aliphatic carbocycles. The molecule has 10 heteroatoms. The Labute approximate surface area is 105 Å². The van der Waals surface area contributed by atoms with Gasteiger partial charge in [-0.2, -0.15) is 11.8 Å². The standard InChI is InChI=1S/C8H11N5O4S/c1-18-3-4(14)2-9-6-5(11-17-13-6)7-10-8(15)16-12-7/h4,14H,2-3H2,1H3,(H,9,13)(H,10,12,15). The molecular weight excluding hydrogens is 262 g/mol. The smallest absolute Gasteiger partial charge is 0.390 e. The maximum absolute atomic E-state index is 10.8. The highest BCUT2D eigenvalue weighted by Crippen LogP contribution is 2.19. The summed E-state index contributed by atoms with van der Waals surface area (Å²) in [5.74, 6) is 0.290. The van der Waals surface area contributed by atoms with E-state index in [-0.39, 0.29) is 23.9 Å². The third kappa shape index (κ3) is 2.90. The lowest BCUT2D eigenvalue weighted by molar-refractivity contribution is 0.212. The van der Waals surface area contributed by atoms with Crippen LogP contribution >= 0.6 is 11.8 Å². The number of H-pyrrole nitrogens is 1. The van der Waals surface area contributed by atoms with Crippen LogP contribution in [-0.2, 0) is 0 Å². The maximum atomic E-state index is 10.8. The number of hydrogen-bond acceptors (Lipinski definition) is 9. The molecule has 1 atom stereocenters. The zero-order valence-corrected chi connectivity index (χ0v) is 10.2. The fraction of sp³-hybridized carbons (Fsp3) is 0.500. The molecule has 0 amide bonds. The summed E-state index contributed by atoms with van der Waals surface area (Å²) in [7, 11) is 0. The van der Waals surface area contributed by atoms with Crippen molar-refractivity contribution in [1.82, 2.24) is 20.5 Å². The lowest BCUT2D eigenvalue weighted by atomic mass is 10.3. The third-order valence-corrected chi connectivity index (χ3v) is 2.74. The van der Waals surface area contributed by atoms with Crippen molar-refractivity contribution in [2.45, 2.75) is 6.10 Å². The normalized spacial score (nSPS) is 12.6. The Morgan fingerprint density at radius 3 is 3.00 bits per heavy atom. The van der Waals surface area contributed by atoms with Crippen LogP contribution in [0, 0.1) is 0 Å². The molecule has 0 saturated carbocycles. The molecule has 0 aliphatic heterocycles. The van der Waals surface area contributed by atoms with Gasteiger partial charge in [-0.3, -0.25) is 9.51 Å². The van der Waals surface area contributed by atoms with Crippen LogP contribution in [0.1, 0.15) is 0 Å². The van der Waals surface area contributed by atoms with E-state index in [2.05, 4.69) is 34.9 Å². The molecule has 18 heavy (non-hydrogen) atoms. The van der Waals surface area contributed by atoms with Gasteiger partial charge in [0.25, 0.3) is 0 Å². The molecule has 2 rings (SSSR count). The predicted octanol–water partition coefficient (Wildman–Crippen LogP) is -0.451. The van der Waals surface area contributed by atoms with Gasteiger partial charge in [0.15, 0.2) is 5.69 Å². The van der Waals surface area contributed by atoms with Crippen LogP contribution in [-0.4, -0.2) is 50.2 Å². The largest absolute Gasteiger partial charge is 0.439 e. The van der Waals surface area contributed by atoms with Gasteiger partial charge in [-0.05, 0) is 16.6 Å². The minimum atomic E-state index is -0.693. The molecule has 3 N–H and O–H groups in total. The monoisotopic (exact) mass is 273 g/mol. The summed E-state index contributed by atoms with van der Waals surface area (Å²) in [6.07, 6.45) is 1.37. The van der Waals surface area contributed by atoms with Crippen molar-refractivity contribution in [3.63, 3.8) is 0 Å². The molecule has 1 unspecified atom stereocenters. The first kappa shape index (κ1) is 12.6. The van der Waals surface area contributed by atoms with Crippen LogP contribution in [0.25, 0.3) is 11.5 Å². The second-order valence-electron chi connectivity index (χ2n) is 3.40. The Bertz CT molecular complexity index is 549. The van der Waals surface area contributed by atoms with Crippen molar-refractivity contribution in [1.29, 1.82) is 0 Å². The van der Waals surface area contributed by atoms with Gasteiger partial charge in [-0.25, -0.2) is 9.42 Å². The van der Waals surface area contributed by atoms with E-state index < -0.39 is 11.9 Å². The van der Waals surface area contributed by atoms with Gasteiger partial charge in [0, 0.05) is 12.3 Å². The van der Waals surface area contributed by atoms with E-state index in [1.807, 2.05) is 6.26 Å². The quantitative estimate of drug-likeness (QED) is 0.640. The summed E-state index contributed by atoms with van der Waals surface area (Å²) in [5.41, 5.74) is 0.220. The number of thioether (sulfide) groups is 1. The number of aliphatic hydroxyl groups excluding tert-OH is 1.